The Morgan fingerprint density at radius 3 is 2.52 bits per heavy atom. The molecule has 0 saturated heterocycles. The van der Waals surface area contributed by atoms with Crippen molar-refractivity contribution in [3.8, 4) is 22.8 Å². The molecule has 3 rings (SSSR count). The van der Waals surface area contributed by atoms with Gasteiger partial charge in [-0.25, -0.2) is 9.78 Å². The van der Waals surface area contributed by atoms with Gasteiger partial charge in [-0.05, 0) is 43.3 Å². The van der Waals surface area contributed by atoms with Crippen LogP contribution in [-0.4, -0.2) is 37.7 Å². The zero-order valence-electron chi connectivity index (χ0n) is 16.2. The highest BCUT2D eigenvalue weighted by Gasteiger charge is 2.16. The van der Waals surface area contributed by atoms with Gasteiger partial charge in [0.1, 0.15) is 17.1 Å². The topological polar surface area (TPSA) is 86.8 Å². The lowest BCUT2D eigenvalue weighted by molar-refractivity contribution is -0.119. The first kappa shape index (κ1) is 20.3. The van der Waals surface area contributed by atoms with E-state index in [1.807, 2.05) is 42.6 Å². The zero-order valence-corrected chi connectivity index (χ0v) is 17.0. The van der Waals surface area contributed by atoms with Gasteiger partial charge >= 0.3 is 5.97 Å². The maximum absolute atomic E-state index is 12.3. The number of rotatable bonds is 7. The maximum Gasteiger partial charge on any atom is 0.342 e. The summed E-state index contributed by atoms with van der Waals surface area (Å²) >= 11 is 1.29. The first-order valence-corrected chi connectivity index (χ1v) is 9.59. The Balaban J connectivity index is 1.58. The van der Waals surface area contributed by atoms with E-state index in [1.54, 1.807) is 19.2 Å². The van der Waals surface area contributed by atoms with Gasteiger partial charge in [0.15, 0.2) is 11.7 Å². The number of aryl methyl sites for hydroxylation is 1. The summed E-state index contributed by atoms with van der Waals surface area (Å²) in [7, 11) is 3.07. The van der Waals surface area contributed by atoms with Crippen molar-refractivity contribution in [2.45, 2.75) is 6.92 Å². The third kappa shape index (κ3) is 5.11. The number of nitrogens with zero attached hydrogens (tertiary/aromatic N) is 1. The predicted octanol–water partition coefficient (Wildman–Crippen LogP) is 3.93. The van der Waals surface area contributed by atoms with Crippen LogP contribution in [0.15, 0.2) is 47.8 Å². The van der Waals surface area contributed by atoms with E-state index in [9.17, 15) is 9.59 Å². The number of hydrogen-bond donors (Lipinski definition) is 1. The number of carbonyl (C=O) groups is 2. The van der Waals surface area contributed by atoms with Crippen molar-refractivity contribution in [3.63, 3.8) is 0 Å². The summed E-state index contributed by atoms with van der Waals surface area (Å²) in [5.41, 5.74) is 2.79. The zero-order chi connectivity index (χ0) is 20.8. The molecule has 1 aromatic heterocycles. The van der Waals surface area contributed by atoms with E-state index in [0.29, 0.717) is 10.9 Å². The van der Waals surface area contributed by atoms with Crippen LogP contribution in [0.2, 0.25) is 0 Å². The van der Waals surface area contributed by atoms with E-state index in [2.05, 4.69) is 10.3 Å². The Hall–Kier alpha value is -3.39. The molecule has 0 aliphatic rings. The Morgan fingerprint density at radius 1 is 1.07 bits per heavy atom. The number of hydrogen-bond acceptors (Lipinski definition) is 7. The highest BCUT2D eigenvalue weighted by molar-refractivity contribution is 7.14. The molecule has 0 aliphatic heterocycles. The summed E-state index contributed by atoms with van der Waals surface area (Å²) < 4.78 is 15.4. The SMILES string of the molecule is COc1ccc(-c2csc(NC(=O)COC(=O)c3cc(C)ccc3OC)n2)cc1. The molecule has 0 fully saturated rings. The van der Waals surface area contributed by atoms with E-state index in [4.69, 9.17) is 14.2 Å². The van der Waals surface area contributed by atoms with Crippen LogP contribution in [0.25, 0.3) is 11.3 Å². The minimum atomic E-state index is -0.626. The smallest absolute Gasteiger partial charge is 0.342 e. The molecule has 7 nitrogen and oxygen atoms in total. The molecule has 150 valence electrons. The van der Waals surface area contributed by atoms with E-state index in [0.717, 1.165) is 22.6 Å². The third-order valence-electron chi connectivity index (χ3n) is 4.05. The van der Waals surface area contributed by atoms with Gasteiger partial charge in [0.2, 0.25) is 0 Å². The van der Waals surface area contributed by atoms with Gasteiger partial charge < -0.3 is 14.2 Å². The summed E-state index contributed by atoms with van der Waals surface area (Å²) in [4.78, 5) is 28.8. The number of thiazole rings is 1. The molecule has 0 saturated carbocycles. The second-order valence-electron chi connectivity index (χ2n) is 6.09. The van der Waals surface area contributed by atoms with Crippen molar-refractivity contribution in [1.82, 2.24) is 4.98 Å². The van der Waals surface area contributed by atoms with Crippen molar-refractivity contribution in [2.24, 2.45) is 0 Å². The molecular weight excluding hydrogens is 392 g/mol. The standard InChI is InChI=1S/C21H20N2O5S/c1-13-4-9-18(27-3)16(10-13)20(25)28-11-19(24)23-21-22-17(12-29-21)14-5-7-15(26-2)8-6-14/h4-10,12H,11H2,1-3H3,(H,22,23,24). The molecule has 1 N–H and O–H groups in total. The maximum atomic E-state index is 12.3. The number of methoxy groups -OCH3 is 2. The highest BCUT2D eigenvalue weighted by atomic mass is 32.1. The predicted molar refractivity (Wildman–Crippen MR) is 111 cm³/mol. The van der Waals surface area contributed by atoms with Gasteiger partial charge in [0.25, 0.3) is 5.91 Å². The molecule has 0 atom stereocenters. The van der Waals surface area contributed by atoms with Gasteiger partial charge in [-0.2, -0.15) is 0 Å². The molecule has 1 heterocycles. The Kier molecular flexibility index (Phi) is 6.46. The fourth-order valence-corrected chi connectivity index (χ4v) is 3.31. The quantitative estimate of drug-likeness (QED) is 0.592. The first-order valence-electron chi connectivity index (χ1n) is 8.71. The van der Waals surface area contributed by atoms with Crippen LogP contribution in [0.4, 0.5) is 5.13 Å². The Bertz CT molecular complexity index is 1010. The van der Waals surface area contributed by atoms with Crippen molar-refractivity contribution >= 4 is 28.3 Å². The van der Waals surface area contributed by atoms with Crippen molar-refractivity contribution in [3.05, 3.63) is 59.0 Å². The molecular formula is C21H20N2O5S. The number of amides is 1. The Labute approximate surface area is 172 Å². The highest BCUT2D eigenvalue weighted by Crippen LogP contribution is 2.26. The van der Waals surface area contributed by atoms with Gasteiger partial charge in [-0.15, -0.1) is 11.3 Å². The van der Waals surface area contributed by atoms with Gasteiger partial charge in [0.05, 0.1) is 19.9 Å². The van der Waals surface area contributed by atoms with Gasteiger partial charge in [-0.1, -0.05) is 11.6 Å². The van der Waals surface area contributed by atoms with Gasteiger partial charge in [-0.3, -0.25) is 10.1 Å². The third-order valence-corrected chi connectivity index (χ3v) is 4.80. The number of nitrogens with one attached hydrogen (secondary N) is 1. The molecule has 3 aromatic rings. The van der Waals surface area contributed by atoms with Crippen LogP contribution in [-0.2, 0) is 9.53 Å². The number of anilines is 1. The van der Waals surface area contributed by atoms with Crippen LogP contribution < -0.4 is 14.8 Å². The average Bonchev–Trinajstić information content (AvgIpc) is 3.20. The summed E-state index contributed by atoms with van der Waals surface area (Å²) in [6.07, 6.45) is 0. The summed E-state index contributed by atoms with van der Waals surface area (Å²) in [6.45, 7) is 1.43. The van der Waals surface area contributed by atoms with Crippen LogP contribution in [0.5, 0.6) is 11.5 Å². The van der Waals surface area contributed by atoms with Gasteiger partial charge in [0, 0.05) is 10.9 Å². The van der Waals surface area contributed by atoms with Crippen molar-refractivity contribution < 1.29 is 23.8 Å². The monoisotopic (exact) mass is 412 g/mol. The summed E-state index contributed by atoms with van der Waals surface area (Å²) in [6, 6.07) is 12.6. The molecule has 0 bridgehead atoms. The number of aromatic nitrogens is 1. The lowest BCUT2D eigenvalue weighted by atomic mass is 10.1. The van der Waals surface area contributed by atoms with Crippen molar-refractivity contribution in [1.29, 1.82) is 0 Å². The normalized spacial score (nSPS) is 10.3. The van der Waals surface area contributed by atoms with Crippen LogP contribution in [0.3, 0.4) is 0 Å². The minimum Gasteiger partial charge on any atom is -0.497 e. The molecule has 2 aromatic carbocycles. The molecule has 0 unspecified atom stereocenters. The minimum absolute atomic E-state index is 0.274. The largest absolute Gasteiger partial charge is 0.497 e. The number of carbonyl (C=O) groups excluding carboxylic acids is 2. The van der Waals surface area contributed by atoms with E-state index in [-0.39, 0.29) is 5.56 Å². The molecule has 0 radical (unpaired) electrons. The molecule has 29 heavy (non-hydrogen) atoms. The Morgan fingerprint density at radius 2 is 1.83 bits per heavy atom. The lowest BCUT2D eigenvalue weighted by Gasteiger charge is -2.09. The lowest BCUT2D eigenvalue weighted by Crippen LogP contribution is -2.21. The molecule has 8 heteroatoms. The fraction of sp³-hybridized carbons (Fsp3) is 0.190. The van der Waals surface area contributed by atoms with Crippen molar-refractivity contribution in [2.75, 3.05) is 26.1 Å². The van der Waals surface area contributed by atoms with E-state index >= 15 is 0 Å². The van der Waals surface area contributed by atoms with Crippen LogP contribution >= 0.6 is 11.3 Å². The number of benzene rings is 2. The summed E-state index contributed by atoms with van der Waals surface area (Å²) in [5, 5.41) is 4.89. The van der Waals surface area contributed by atoms with E-state index in [1.165, 1.54) is 18.4 Å². The molecule has 1 amide bonds. The summed E-state index contributed by atoms with van der Waals surface area (Å²) in [5.74, 6) is 0.0500. The second-order valence-corrected chi connectivity index (χ2v) is 6.95. The first-order chi connectivity index (χ1) is 14.0. The van der Waals surface area contributed by atoms with Crippen LogP contribution in [0, 0.1) is 6.92 Å². The fourth-order valence-electron chi connectivity index (χ4n) is 2.57. The van der Waals surface area contributed by atoms with E-state index < -0.39 is 18.5 Å². The van der Waals surface area contributed by atoms with Crippen LogP contribution in [0.1, 0.15) is 15.9 Å². The molecule has 0 aliphatic carbocycles. The molecule has 0 spiro atoms. The number of esters is 1. The average molecular weight is 412 g/mol. The second kappa shape index (κ2) is 9.20. The number of ether oxygens (including phenoxy) is 3.